The highest BCUT2D eigenvalue weighted by Gasteiger charge is 2.38. The van der Waals surface area contributed by atoms with Crippen molar-refractivity contribution in [1.82, 2.24) is 0 Å². The van der Waals surface area contributed by atoms with Crippen LogP contribution in [0, 0.1) is 0 Å². The number of carbonyl (C=O) groups is 1. The highest BCUT2D eigenvalue weighted by molar-refractivity contribution is 6.74. The third kappa shape index (κ3) is 7.31. The van der Waals surface area contributed by atoms with Crippen molar-refractivity contribution >= 4 is 22.6 Å². The van der Waals surface area contributed by atoms with E-state index < -0.39 is 22.6 Å². The molecule has 0 aliphatic carbocycles. The average molecular weight is 467 g/mol. The lowest BCUT2D eigenvalue weighted by Gasteiger charge is -2.37. The van der Waals surface area contributed by atoms with E-state index in [2.05, 4.69) is 74.3 Å². The van der Waals surface area contributed by atoms with Crippen LogP contribution < -0.4 is 0 Å². The Bertz CT molecular complexity index is 735. The molecule has 176 valence electrons. The summed E-state index contributed by atoms with van der Waals surface area (Å²) in [5, 5.41) is 11.1. The first-order valence-corrected chi connectivity index (χ1v) is 16.7. The molecule has 0 spiro atoms. The molecule has 0 fully saturated rings. The van der Waals surface area contributed by atoms with E-state index in [9.17, 15) is 9.90 Å². The second-order valence-electron chi connectivity index (χ2n) is 11.1. The zero-order chi connectivity index (χ0) is 24.3. The van der Waals surface area contributed by atoms with Crippen molar-refractivity contribution in [2.45, 2.75) is 91.0 Å². The Labute approximate surface area is 191 Å². The minimum absolute atomic E-state index is 0.0391. The SMILES string of the molecule is C=CCOC(=O)c1cc(CO[Si](C)(C)C(C)(C)C)c(O)c(CO[Si](C)(C)C(C)(C)C)c1. The van der Waals surface area contributed by atoms with Gasteiger partial charge in [0.15, 0.2) is 16.6 Å². The van der Waals surface area contributed by atoms with Crippen LogP contribution in [-0.2, 0) is 26.8 Å². The zero-order valence-electron chi connectivity index (χ0n) is 21.1. The summed E-state index contributed by atoms with van der Waals surface area (Å²) in [5.41, 5.74) is 1.53. The predicted octanol–water partition coefficient (Wildman–Crippen LogP) is 6.78. The van der Waals surface area contributed by atoms with Gasteiger partial charge in [-0.05, 0) is 48.4 Å². The van der Waals surface area contributed by atoms with Crippen LogP contribution in [0.1, 0.15) is 63.0 Å². The lowest BCUT2D eigenvalue weighted by Crippen LogP contribution is -2.40. The topological polar surface area (TPSA) is 65.0 Å². The lowest BCUT2D eigenvalue weighted by atomic mass is 10.0. The first kappa shape index (κ1) is 27.6. The Morgan fingerprint density at radius 2 is 1.32 bits per heavy atom. The van der Waals surface area contributed by atoms with Gasteiger partial charge in [-0.1, -0.05) is 54.2 Å². The van der Waals surface area contributed by atoms with Gasteiger partial charge in [0.05, 0.1) is 18.8 Å². The Kier molecular flexibility index (Phi) is 8.93. The third-order valence-electron chi connectivity index (χ3n) is 6.63. The maximum atomic E-state index is 12.5. The number of hydrogen-bond acceptors (Lipinski definition) is 5. The van der Waals surface area contributed by atoms with E-state index in [-0.39, 0.29) is 35.6 Å². The van der Waals surface area contributed by atoms with Gasteiger partial charge < -0.3 is 18.7 Å². The Morgan fingerprint density at radius 1 is 0.935 bits per heavy atom. The van der Waals surface area contributed by atoms with Gasteiger partial charge in [0.1, 0.15) is 12.4 Å². The number of ether oxygens (including phenoxy) is 1. The first-order chi connectivity index (χ1) is 13.9. The smallest absolute Gasteiger partial charge is 0.338 e. The molecule has 0 amide bonds. The van der Waals surface area contributed by atoms with Crippen molar-refractivity contribution in [1.29, 1.82) is 0 Å². The summed E-state index contributed by atoms with van der Waals surface area (Å²) >= 11 is 0. The quantitative estimate of drug-likeness (QED) is 0.247. The van der Waals surface area contributed by atoms with Crippen LogP contribution in [0.15, 0.2) is 24.8 Å². The Morgan fingerprint density at radius 3 is 1.65 bits per heavy atom. The summed E-state index contributed by atoms with van der Waals surface area (Å²) in [6.07, 6.45) is 1.53. The number of carbonyl (C=O) groups excluding carboxylic acids is 1. The molecule has 0 radical (unpaired) electrons. The van der Waals surface area contributed by atoms with Gasteiger partial charge in [-0.2, -0.15) is 0 Å². The van der Waals surface area contributed by atoms with Crippen LogP contribution in [0.2, 0.25) is 36.3 Å². The molecule has 1 aromatic rings. The molecule has 0 heterocycles. The van der Waals surface area contributed by atoms with Gasteiger partial charge in [-0.15, -0.1) is 0 Å². The average Bonchev–Trinajstić information content (AvgIpc) is 2.62. The van der Waals surface area contributed by atoms with E-state index in [1.54, 1.807) is 12.1 Å². The molecule has 1 rings (SSSR count). The Hall–Kier alpha value is -1.42. The maximum Gasteiger partial charge on any atom is 0.338 e. The second kappa shape index (κ2) is 10.0. The van der Waals surface area contributed by atoms with E-state index in [1.807, 2.05) is 0 Å². The van der Waals surface area contributed by atoms with Crippen molar-refractivity contribution in [2.24, 2.45) is 0 Å². The van der Waals surface area contributed by atoms with E-state index in [4.69, 9.17) is 13.6 Å². The van der Waals surface area contributed by atoms with Gasteiger partial charge in [-0.3, -0.25) is 0 Å². The normalized spacial score (nSPS) is 13.2. The summed E-state index contributed by atoms with van der Waals surface area (Å²) in [4.78, 5) is 12.5. The van der Waals surface area contributed by atoms with Crippen LogP contribution in [0.3, 0.4) is 0 Å². The molecule has 0 bridgehead atoms. The van der Waals surface area contributed by atoms with E-state index in [0.717, 1.165) is 0 Å². The van der Waals surface area contributed by atoms with Crippen molar-refractivity contribution in [2.75, 3.05) is 6.61 Å². The highest BCUT2D eigenvalue weighted by Crippen LogP contribution is 2.39. The number of rotatable bonds is 9. The van der Waals surface area contributed by atoms with Crippen LogP contribution in [0.25, 0.3) is 0 Å². The fourth-order valence-corrected chi connectivity index (χ4v) is 4.16. The molecule has 1 N–H and O–H groups in total. The number of aromatic hydroxyl groups is 1. The molecule has 31 heavy (non-hydrogen) atoms. The number of hydrogen-bond donors (Lipinski definition) is 1. The summed E-state index contributed by atoms with van der Waals surface area (Å²) in [5.74, 6) is -0.334. The molecule has 7 heteroatoms. The molecule has 0 aliphatic rings. The fourth-order valence-electron chi connectivity index (χ4n) is 2.27. The predicted molar refractivity (Wildman–Crippen MR) is 133 cm³/mol. The monoisotopic (exact) mass is 466 g/mol. The van der Waals surface area contributed by atoms with Gasteiger partial charge in [0, 0.05) is 11.1 Å². The minimum atomic E-state index is -2.03. The summed E-state index contributed by atoms with van der Waals surface area (Å²) in [6.45, 7) is 25.8. The molecule has 5 nitrogen and oxygen atoms in total. The van der Waals surface area contributed by atoms with Crippen LogP contribution in [-0.4, -0.2) is 34.3 Å². The zero-order valence-corrected chi connectivity index (χ0v) is 23.1. The molecule has 0 saturated carbocycles. The largest absolute Gasteiger partial charge is 0.507 e. The van der Waals surface area contributed by atoms with Crippen molar-refractivity contribution in [3.63, 3.8) is 0 Å². The van der Waals surface area contributed by atoms with Crippen molar-refractivity contribution < 1.29 is 23.5 Å². The standard InChI is InChI=1S/C24H42O5Si2/c1-12-13-27-22(26)18-14-19(16-28-30(8,9)23(2,3)4)21(25)20(15-18)17-29-31(10,11)24(5,6)7/h12,14-15,25H,1,13,16-17H2,2-11H3. The molecule has 1 aromatic carbocycles. The first-order valence-electron chi connectivity index (χ1n) is 10.8. The molecule has 0 atom stereocenters. The summed E-state index contributed by atoms with van der Waals surface area (Å²) < 4.78 is 17.8. The van der Waals surface area contributed by atoms with Gasteiger partial charge in [0.25, 0.3) is 0 Å². The van der Waals surface area contributed by atoms with Crippen LogP contribution in [0.5, 0.6) is 5.75 Å². The number of esters is 1. The second-order valence-corrected chi connectivity index (χ2v) is 20.7. The molecule has 0 saturated heterocycles. The van der Waals surface area contributed by atoms with E-state index in [0.29, 0.717) is 16.7 Å². The highest BCUT2D eigenvalue weighted by atomic mass is 28.4. The number of benzene rings is 1. The van der Waals surface area contributed by atoms with Gasteiger partial charge in [0.2, 0.25) is 0 Å². The third-order valence-corrected chi connectivity index (χ3v) is 15.6. The van der Waals surface area contributed by atoms with Crippen LogP contribution in [0.4, 0.5) is 0 Å². The van der Waals surface area contributed by atoms with Gasteiger partial charge >= 0.3 is 5.97 Å². The molecule has 0 aliphatic heterocycles. The Balaban J connectivity index is 3.28. The van der Waals surface area contributed by atoms with Crippen molar-refractivity contribution in [3.05, 3.63) is 41.5 Å². The number of phenols is 1. The molecule has 0 aromatic heterocycles. The van der Waals surface area contributed by atoms with E-state index in [1.165, 1.54) is 6.08 Å². The lowest BCUT2D eigenvalue weighted by molar-refractivity contribution is 0.0549. The number of phenolic OH excluding ortho intramolecular Hbond substituents is 1. The molecular formula is C24H42O5Si2. The van der Waals surface area contributed by atoms with Crippen molar-refractivity contribution in [3.8, 4) is 5.75 Å². The molecular weight excluding hydrogens is 424 g/mol. The summed E-state index contributed by atoms with van der Waals surface area (Å²) in [7, 11) is -4.06. The fraction of sp³-hybridized carbons (Fsp3) is 0.625. The minimum Gasteiger partial charge on any atom is -0.507 e. The maximum absolute atomic E-state index is 12.5. The van der Waals surface area contributed by atoms with Crippen LogP contribution >= 0.6 is 0 Å². The summed E-state index contributed by atoms with van der Waals surface area (Å²) in [6, 6.07) is 3.31. The van der Waals surface area contributed by atoms with Gasteiger partial charge in [-0.25, -0.2) is 4.79 Å². The molecule has 0 unspecified atom stereocenters. The van der Waals surface area contributed by atoms with E-state index >= 15 is 0 Å².